The van der Waals surface area contributed by atoms with E-state index in [0.717, 1.165) is 5.69 Å². The van der Waals surface area contributed by atoms with Gasteiger partial charge in [0.1, 0.15) is 17.7 Å². The molecule has 0 saturated carbocycles. The van der Waals surface area contributed by atoms with Crippen molar-refractivity contribution in [2.24, 2.45) is 0 Å². The summed E-state index contributed by atoms with van der Waals surface area (Å²) in [4.78, 5) is 18.9. The van der Waals surface area contributed by atoms with Crippen LogP contribution in [-0.4, -0.2) is 44.2 Å². The lowest BCUT2D eigenvalue weighted by atomic mass is 9.98. The number of halogens is 2. The maximum Gasteiger partial charge on any atom is 0.289 e. The molecule has 4 rings (SSSR count). The second kappa shape index (κ2) is 9.15. The molecule has 1 aromatic heterocycles. The van der Waals surface area contributed by atoms with Crippen molar-refractivity contribution in [2.75, 3.05) is 6.54 Å². The quantitative estimate of drug-likeness (QED) is 0.589. The number of aryl methyl sites for hydroxylation is 1. The molecule has 2 aromatic carbocycles. The van der Waals surface area contributed by atoms with E-state index in [9.17, 15) is 18.7 Å². The van der Waals surface area contributed by atoms with E-state index in [0.29, 0.717) is 16.8 Å². The molecule has 8 heteroatoms. The first-order valence-electron chi connectivity index (χ1n) is 10.7. The Morgan fingerprint density at radius 2 is 1.94 bits per heavy atom. The van der Waals surface area contributed by atoms with Crippen LogP contribution in [0, 0.1) is 18.6 Å². The van der Waals surface area contributed by atoms with Crippen molar-refractivity contribution in [1.82, 2.24) is 14.5 Å². The van der Waals surface area contributed by atoms with Crippen LogP contribution in [0.15, 0.2) is 60.7 Å². The summed E-state index contributed by atoms with van der Waals surface area (Å²) in [5.74, 6) is -1.25. The van der Waals surface area contributed by atoms with Crippen LogP contribution in [0.1, 0.15) is 36.7 Å². The molecule has 1 aliphatic rings. The van der Waals surface area contributed by atoms with E-state index in [1.54, 1.807) is 42.0 Å². The van der Waals surface area contributed by atoms with Gasteiger partial charge in [-0.2, -0.15) is 0 Å². The predicted octanol–water partition coefficient (Wildman–Crippen LogP) is 4.17. The third-order valence-corrected chi connectivity index (χ3v) is 5.52. The van der Waals surface area contributed by atoms with Gasteiger partial charge in [-0.25, -0.2) is 13.8 Å². The van der Waals surface area contributed by atoms with Gasteiger partial charge in [-0.15, -0.1) is 0 Å². The Balaban J connectivity index is 1.64. The number of rotatable bonds is 5. The van der Waals surface area contributed by atoms with Crippen LogP contribution in [0.4, 0.5) is 8.78 Å². The number of imidazole rings is 1. The fourth-order valence-electron chi connectivity index (χ4n) is 4.05. The zero-order chi connectivity index (χ0) is 23.7. The predicted molar refractivity (Wildman–Crippen MR) is 119 cm³/mol. The van der Waals surface area contributed by atoms with Crippen molar-refractivity contribution in [2.45, 2.75) is 39.0 Å². The second-order valence-electron chi connectivity index (χ2n) is 8.26. The Labute approximate surface area is 190 Å². The first-order chi connectivity index (χ1) is 15.7. The molecule has 3 atom stereocenters. The summed E-state index contributed by atoms with van der Waals surface area (Å²) in [5.41, 5.74) is 2.18. The molecule has 0 bridgehead atoms. The molecule has 1 fully saturated rings. The minimum atomic E-state index is -0.902. The van der Waals surface area contributed by atoms with E-state index in [4.69, 9.17) is 4.74 Å². The number of hydrogen-bond acceptors (Lipinski definition) is 4. The van der Waals surface area contributed by atoms with Gasteiger partial charge in [-0.3, -0.25) is 4.79 Å². The van der Waals surface area contributed by atoms with Crippen molar-refractivity contribution in [3.8, 4) is 5.69 Å². The van der Waals surface area contributed by atoms with Crippen LogP contribution in [0.3, 0.4) is 0 Å². The third-order valence-electron chi connectivity index (χ3n) is 5.52. The fourth-order valence-corrected chi connectivity index (χ4v) is 4.05. The lowest BCUT2D eigenvalue weighted by Gasteiger charge is -2.39. The zero-order valence-electron chi connectivity index (χ0n) is 18.6. The Hall–Kier alpha value is -3.52. The molecule has 6 nitrogen and oxygen atoms in total. The molecule has 1 N–H and O–H groups in total. The average molecular weight is 453 g/mol. The van der Waals surface area contributed by atoms with Crippen molar-refractivity contribution in [3.63, 3.8) is 0 Å². The smallest absolute Gasteiger partial charge is 0.289 e. The molecule has 1 aliphatic heterocycles. The molecule has 0 spiro atoms. The number of benzene rings is 2. The largest absolute Gasteiger partial charge is 0.483 e. The monoisotopic (exact) mass is 453 g/mol. The van der Waals surface area contributed by atoms with Crippen molar-refractivity contribution in [1.29, 1.82) is 0 Å². The summed E-state index contributed by atoms with van der Waals surface area (Å²) in [7, 11) is 0. The van der Waals surface area contributed by atoms with E-state index in [1.807, 2.05) is 13.8 Å². The number of aromatic nitrogens is 2. The highest BCUT2D eigenvalue weighted by molar-refractivity contribution is 5.96. The van der Waals surface area contributed by atoms with Crippen molar-refractivity contribution < 1.29 is 23.4 Å². The van der Waals surface area contributed by atoms with Gasteiger partial charge < -0.3 is 19.3 Å². The first kappa shape index (κ1) is 22.7. The number of aliphatic hydroxyl groups excluding tert-OH is 1. The van der Waals surface area contributed by atoms with Gasteiger partial charge in [0.2, 0.25) is 0 Å². The van der Waals surface area contributed by atoms with Crippen molar-refractivity contribution in [3.05, 3.63) is 89.2 Å². The summed E-state index contributed by atoms with van der Waals surface area (Å²) in [6.45, 7) is 5.45. The van der Waals surface area contributed by atoms with Gasteiger partial charge in [0, 0.05) is 6.20 Å². The molecule has 2 heterocycles. The highest BCUT2D eigenvalue weighted by Crippen LogP contribution is 2.31. The third kappa shape index (κ3) is 4.80. The molecule has 33 heavy (non-hydrogen) atoms. The Morgan fingerprint density at radius 1 is 1.21 bits per heavy atom. The van der Waals surface area contributed by atoms with Crippen LogP contribution in [0.5, 0.6) is 0 Å². The van der Waals surface area contributed by atoms with Gasteiger partial charge in [0.25, 0.3) is 5.91 Å². The average Bonchev–Trinajstić information content (AvgIpc) is 3.18. The molecular formula is C25H25F2N3O3. The number of aliphatic hydroxyl groups is 1. The van der Waals surface area contributed by atoms with Gasteiger partial charge >= 0.3 is 0 Å². The van der Waals surface area contributed by atoms with Crippen molar-refractivity contribution >= 4 is 12.0 Å². The Kier molecular flexibility index (Phi) is 6.29. The molecule has 0 unspecified atom stereocenters. The second-order valence-corrected chi connectivity index (χ2v) is 8.26. The van der Waals surface area contributed by atoms with Crippen LogP contribution < -0.4 is 0 Å². The van der Waals surface area contributed by atoms with Crippen LogP contribution in [0.2, 0.25) is 0 Å². The lowest BCUT2D eigenvalue weighted by molar-refractivity contribution is -0.145. The number of carbonyl (C=O) groups is 1. The summed E-state index contributed by atoms with van der Waals surface area (Å²) < 4.78 is 35.5. The van der Waals surface area contributed by atoms with Gasteiger partial charge in [0.05, 0.1) is 36.4 Å². The molecule has 3 aromatic rings. The number of hydrogen-bond donors (Lipinski definition) is 1. The van der Waals surface area contributed by atoms with E-state index in [2.05, 4.69) is 4.98 Å². The highest BCUT2D eigenvalue weighted by Gasteiger charge is 2.36. The SMILES string of the molecule is Cc1cn(-c2ccc(/C=C3\O[C@@H](C)CN([C@H](c4ccc(F)cc4)[C@@H](C)O)C3=O)cc2F)cn1. The van der Waals surface area contributed by atoms with E-state index < -0.39 is 29.7 Å². The normalized spacial score (nSPS) is 19.5. The maximum atomic E-state index is 14.8. The maximum absolute atomic E-state index is 14.8. The number of ether oxygens (including phenoxy) is 1. The Bertz CT molecular complexity index is 1190. The van der Waals surface area contributed by atoms with Crippen LogP contribution in [-0.2, 0) is 9.53 Å². The zero-order valence-corrected chi connectivity index (χ0v) is 18.6. The summed E-state index contributed by atoms with van der Waals surface area (Å²) >= 11 is 0. The number of nitrogens with zero attached hydrogens (tertiary/aromatic N) is 3. The summed E-state index contributed by atoms with van der Waals surface area (Å²) in [5, 5.41) is 10.4. The Morgan fingerprint density at radius 3 is 2.55 bits per heavy atom. The highest BCUT2D eigenvalue weighted by atomic mass is 19.1. The first-order valence-corrected chi connectivity index (χ1v) is 10.7. The molecule has 0 radical (unpaired) electrons. The van der Waals surface area contributed by atoms with E-state index >= 15 is 0 Å². The minimum absolute atomic E-state index is 0.0483. The molecular weight excluding hydrogens is 428 g/mol. The fraction of sp³-hybridized carbons (Fsp3) is 0.280. The van der Waals surface area contributed by atoms with E-state index in [-0.39, 0.29) is 18.4 Å². The standard InChI is InChI=1S/C25H25F2N3O3/c1-15-12-29(14-28-15)22-9-4-18(10-21(22)27)11-23-25(32)30(13-16(2)33-23)24(17(3)31)19-5-7-20(26)8-6-19/h4-12,14,16-17,24,31H,13H2,1-3H3/b23-11-/t16-,17+,24-/m0/s1. The number of amides is 1. The number of morpholine rings is 1. The lowest BCUT2D eigenvalue weighted by Crippen LogP contribution is -2.48. The van der Waals surface area contributed by atoms with Gasteiger partial charge in [0.15, 0.2) is 5.76 Å². The van der Waals surface area contributed by atoms with Crippen LogP contribution in [0.25, 0.3) is 11.8 Å². The molecule has 0 aliphatic carbocycles. The summed E-state index contributed by atoms with van der Waals surface area (Å²) in [6, 6.07) is 9.62. The summed E-state index contributed by atoms with van der Waals surface area (Å²) in [6.07, 6.45) is 3.48. The van der Waals surface area contributed by atoms with E-state index in [1.165, 1.54) is 35.5 Å². The van der Waals surface area contributed by atoms with Crippen LogP contribution >= 0.6 is 0 Å². The number of carbonyl (C=O) groups excluding carboxylic acids is 1. The van der Waals surface area contributed by atoms with Gasteiger partial charge in [-0.1, -0.05) is 18.2 Å². The molecule has 1 amide bonds. The minimum Gasteiger partial charge on any atom is -0.483 e. The van der Waals surface area contributed by atoms with Gasteiger partial charge in [-0.05, 0) is 62.2 Å². The topological polar surface area (TPSA) is 67.6 Å². The molecule has 172 valence electrons. The molecule has 1 saturated heterocycles.